The summed E-state index contributed by atoms with van der Waals surface area (Å²) in [5, 5.41) is 9.19. The first-order valence-corrected chi connectivity index (χ1v) is 7.40. The van der Waals surface area contributed by atoms with Crippen molar-refractivity contribution >= 4 is 0 Å². The highest BCUT2D eigenvalue weighted by atomic mass is 16.2. The zero-order valence-electron chi connectivity index (χ0n) is 12.0. The number of hydrogen-bond acceptors (Lipinski definition) is 1. The summed E-state index contributed by atoms with van der Waals surface area (Å²) in [5.74, 6) is 0.675. The van der Waals surface area contributed by atoms with E-state index in [0.29, 0.717) is 5.92 Å². The van der Waals surface area contributed by atoms with Crippen LogP contribution in [-0.4, -0.2) is 11.7 Å². The molecule has 18 heavy (non-hydrogen) atoms. The van der Waals surface area contributed by atoms with E-state index in [9.17, 15) is 5.11 Å². The van der Waals surface area contributed by atoms with Crippen molar-refractivity contribution in [1.29, 1.82) is 0 Å². The highest BCUT2D eigenvalue weighted by Crippen LogP contribution is 2.22. The molecule has 0 heterocycles. The second-order valence-corrected chi connectivity index (χ2v) is 5.23. The molecule has 0 aromatic rings. The monoisotopic (exact) mass is 248 g/mol. The van der Waals surface area contributed by atoms with E-state index in [-0.39, 0.29) is 6.61 Å². The number of hydrogen-bond donors (Lipinski definition) is 1. The molecule has 1 aliphatic carbocycles. The summed E-state index contributed by atoms with van der Waals surface area (Å²) < 4.78 is 0. The number of aliphatic hydroxyl groups excluding tert-OH is 1. The Labute approximate surface area is 112 Å². The maximum atomic E-state index is 9.19. The maximum absolute atomic E-state index is 9.19. The third kappa shape index (κ3) is 5.68. The predicted octanol–water partition coefficient (Wildman–Crippen LogP) is 4.79. The van der Waals surface area contributed by atoms with E-state index >= 15 is 0 Å². The summed E-state index contributed by atoms with van der Waals surface area (Å²) in [6.45, 7) is 4.80. The third-order valence-corrected chi connectivity index (χ3v) is 3.74. The predicted molar refractivity (Wildman–Crippen MR) is 79.5 cm³/mol. The van der Waals surface area contributed by atoms with Gasteiger partial charge in [0, 0.05) is 6.61 Å². The van der Waals surface area contributed by atoms with Crippen molar-refractivity contribution in [2.24, 2.45) is 5.92 Å². The summed E-state index contributed by atoms with van der Waals surface area (Å²) in [6, 6.07) is 0. The normalized spacial score (nSPS) is 22.7. The van der Waals surface area contributed by atoms with Crippen molar-refractivity contribution in [3.8, 4) is 0 Å². The largest absolute Gasteiger partial charge is 0.396 e. The smallest absolute Gasteiger partial charge is 0.0468 e. The van der Waals surface area contributed by atoms with E-state index in [4.69, 9.17) is 0 Å². The topological polar surface area (TPSA) is 20.2 Å². The van der Waals surface area contributed by atoms with Crippen molar-refractivity contribution in [2.45, 2.75) is 58.8 Å². The standard InChI is InChI=1S/C17H28O/c1-3-16-12-8-10-15(2)9-6-4-5-7-11-17(16)13-14-18/h4-5,8,10,15,18H,3,6-7,9,11-14H2,1-2H3. The van der Waals surface area contributed by atoms with Crippen molar-refractivity contribution in [3.63, 3.8) is 0 Å². The lowest BCUT2D eigenvalue weighted by Gasteiger charge is -2.13. The van der Waals surface area contributed by atoms with Crippen LogP contribution in [0.3, 0.4) is 0 Å². The van der Waals surface area contributed by atoms with Crippen LogP contribution >= 0.6 is 0 Å². The van der Waals surface area contributed by atoms with E-state index in [0.717, 1.165) is 32.1 Å². The van der Waals surface area contributed by atoms with Gasteiger partial charge in [0.1, 0.15) is 0 Å². The Balaban J connectivity index is 2.81. The average molecular weight is 248 g/mol. The van der Waals surface area contributed by atoms with Crippen LogP contribution in [0.1, 0.15) is 58.8 Å². The molecule has 0 amide bonds. The molecule has 1 unspecified atom stereocenters. The molecule has 0 bridgehead atoms. The molecule has 0 saturated heterocycles. The van der Waals surface area contributed by atoms with Gasteiger partial charge in [-0.25, -0.2) is 0 Å². The van der Waals surface area contributed by atoms with Gasteiger partial charge in [0.25, 0.3) is 0 Å². The van der Waals surface area contributed by atoms with E-state index < -0.39 is 0 Å². The van der Waals surface area contributed by atoms with Gasteiger partial charge in [-0.3, -0.25) is 0 Å². The highest BCUT2D eigenvalue weighted by molar-refractivity contribution is 5.18. The van der Waals surface area contributed by atoms with Crippen LogP contribution in [0.5, 0.6) is 0 Å². The van der Waals surface area contributed by atoms with Crippen LogP contribution in [0.2, 0.25) is 0 Å². The maximum Gasteiger partial charge on any atom is 0.0468 e. The number of aliphatic hydroxyl groups is 1. The number of allylic oxidation sites excluding steroid dienone is 5. The first-order chi connectivity index (χ1) is 8.77. The quantitative estimate of drug-likeness (QED) is 0.712. The van der Waals surface area contributed by atoms with Gasteiger partial charge in [-0.15, -0.1) is 0 Å². The molecule has 0 spiro atoms. The average Bonchev–Trinajstić information content (AvgIpc) is 2.36. The number of rotatable bonds is 3. The SMILES string of the molecule is CCC1=C(CCO)CCC=CCCC(C)C=CC1. The highest BCUT2D eigenvalue weighted by Gasteiger charge is 2.05. The molecule has 0 aromatic carbocycles. The van der Waals surface area contributed by atoms with Crippen LogP contribution in [0, 0.1) is 5.92 Å². The molecule has 1 heteroatoms. The fourth-order valence-electron chi connectivity index (χ4n) is 2.54. The second kappa shape index (κ2) is 9.16. The Hall–Kier alpha value is -0.820. The first-order valence-electron chi connectivity index (χ1n) is 7.40. The van der Waals surface area contributed by atoms with Crippen LogP contribution < -0.4 is 0 Å². The van der Waals surface area contributed by atoms with Gasteiger partial charge in [0.15, 0.2) is 0 Å². The van der Waals surface area contributed by atoms with Crippen molar-refractivity contribution < 1.29 is 5.11 Å². The van der Waals surface area contributed by atoms with Crippen LogP contribution in [0.15, 0.2) is 35.5 Å². The lowest BCUT2D eigenvalue weighted by atomic mass is 9.94. The Morgan fingerprint density at radius 1 is 1.17 bits per heavy atom. The molecule has 1 nitrogen and oxygen atoms in total. The van der Waals surface area contributed by atoms with Gasteiger partial charge in [0.05, 0.1) is 0 Å². The molecule has 0 fully saturated rings. The molecule has 1 rings (SSSR count). The molecule has 0 radical (unpaired) electrons. The Morgan fingerprint density at radius 2 is 1.94 bits per heavy atom. The van der Waals surface area contributed by atoms with E-state index in [1.807, 2.05) is 0 Å². The van der Waals surface area contributed by atoms with Gasteiger partial charge in [-0.05, 0) is 50.9 Å². The molecule has 1 N–H and O–H groups in total. The molecule has 1 atom stereocenters. The van der Waals surface area contributed by atoms with Crippen LogP contribution in [0.25, 0.3) is 0 Å². The summed E-state index contributed by atoms with van der Waals surface area (Å²) in [4.78, 5) is 0. The molecule has 0 aliphatic heterocycles. The van der Waals surface area contributed by atoms with Gasteiger partial charge in [-0.1, -0.05) is 49.3 Å². The van der Waals surface area contributed by atoms with Crippen molar-refractivity contribution in [3.05, 3.63) is 35.5 Å². The second-order valence-electron chi connectivity index (χ2n) is 5.23. The third-order valence-electron chi connectivity index (χ3n) is 3.74. The lowest BCUT2D eigenvalue weighted by molar-refractivity contribution is 0.297. The Morgan fingerprint density at radius 3 is 2.67 bits per heavy atom. The molecule has 102 valence electrons. The van der Waals surface area contributed by atoms with Gasteiger partial charge in [0.2, 0.25) is 0 Å². The lowest BCUT2D eigenvalue weighted by Crippen LogP contribution is -1.96. The molecule has 0 saturated carbocycles. The van der Waals surface area contributed by atoms with E-state index in [1.54, 1.807) is 0 Å². The minimum atomic E-state index is 0.280. The van der Waals surface area contributed by atoms with Gasteiger partial charge < -0.3 is 5.11 Å². The Kier molecular flexibility index (Phi) is 7.75. The van der Waals surface area contributed by atoms with Crippen molar-refractivity contribution in [1.82, 2.24) is 0 Å². The summed E-state index contributed by atoms with van der Waals surface area (Å²) >= 11 is 0. The van der Waals surface area contributed by atoms with E-state index in [2.05, 4.69) is 38.2 Å². The molecular weight excluding hydrogens is 220 g/mol. The molecule has 0 aromatic heterocycles. The fraction of sp³-hybridized carbons (Fsp3) is 0.647. The molecule has 1 aliphatic rings. The summed E-state index contributed by atoms with van der Waals surface area (Å²) in [5.41, 5.74) is 3.00. The van der Waals surface area contributed by atoms with Gasteiger partial charge >= 0.3 is 0 Å². The van der Waals surface area contributed by atoms with Crippen LogP contribution in [0.4, 0.5) is 0 Å². The first kappa shape index (κ1) is 15.2. The van der Waals surface area contributed by atoms with E-state index in [1.165, 1.54) is 24.0 Å². The molecular formula is C17H28O. The van der Waals surface area contributed by atoms with Crippen molar-refractivity contribution in [2.75, 3.05) is 6.61 Å². The minimum Gasteiger partial charge on any atom is -0.396 e. The van der Waals surface area contributed by atoms with Crippen LogP contribution in [-0.2, 0) is 0 Å². The zero-order valence-corrected chi connectivity index (χ0v) is 12.0. The summed E-state index contributed by atoms with van der Waals surface area (Å²) in [7, 11) is 0. The summed E-state index contributed by atoms with van der Waals surface area (Å²) in [6.07, 6.45) is 17.0. The minimum absolute atomic E-state index is 0.280. The fourth-order valence-corrected chi connectivity index (χ4v) is 2.54. The zero-order chi connectivity index (χ0) is 13.2. The van der Waals surface area contributed by atoms with Gasteiger partial charge in [-0.2, -0.15) is 0 Å². The Bertz CT molecular complexity index is 310.